The normalized spacial score (nSPS) is 17.6. The molecule has 0 radical (unpaired) electrons. The predicted molar refractivity (Wildman–Crippen MR) is 92.4 cm³/mol. The third-order valence-electron chi connectivity index (χ3n) is 4.02. The van der Waals surface area contributed by atoms with E-state index >= 15 is 0 Å². The molecule has 2 aromatic rings. The number of piperazine rings is 1. The van der Waals surface area contributed by atoms with Crippen molar-refractivity contribution in [3.8, 4) is 0 Å². The SMILES string of the molecule is CN1CCN(c2cc3nc(C(C)(C)C)sc3cc2N)CC1. The van der Waals surface area contributed by atoms with Crippen LogP contribution in [0.2, 0.25) is 0 Å². The summed E-state index contributed by atoms with van der Waals surface area (Å²) in [6.07, 6.45) is 0. The number of rotatable bonds is 1. The van der Waals surface area contributed by atoms with Crippen LogP contribution in [0.1, 0.15) is 25.8 Å². The largest absolute Gasteiger partial charge is 0.397 e. The zero-order chi connectivity index (χ0) is 15.2. The highest BCUT2D eigenvalue weighted by molar-refractivity contribution is 7.18. The third-order valence-corrected chi connectivity index (χ3v) is 5.47. The van der Waals surface area contributed by atoms with Crippen LogP contribution in [0, 0.1) is 0 Å². The summed E-state index contributed by atoms with van der Waals surface area (Å²) < 4.78 is 1.19. The van der Waals surface area contributed by atoms with Gasteiger partial charge >= 0.3 is 0 Å². The molecule has 0 atom stereocenters. The molecule has 3 rings (SSSR count). The maximum atomic E-state index is 6.29. The standard InChI is InChI=1S/C16H24N4S/c1-16(2,3)15-18-12-10-13(11(17)9-14(12)21-15)20-7-5-19(4)6-8-20/h9-10H,5-8,17H2,1-4H3. The Balaban J connectivity index is 1.98. The number of hydrogen-bond acceptors (Lipinski definition) is 5. The fourth-order valence-corrected chi connectivity index (χ4v) is 3.67. The van der Waals surface area contributed by atoms with Gasteiger partial charge in [-0.1, -0.05) is 20.8 Å². The van der Waals surface area contributed by atoms with Gasteiger partial charge in [-0.05, 0) is 19.2 Å². The van der Waals surface area contributed by atoms with Crippen LogP contribution in [0.15, 0.2) is 12.1 Å². The molecule has 1 aliphatic heterocycles. The lowest BCUT2D eigenvalue weighted by Crippen LogP contribution is -2.44. The van der Waals surface area contributed by atoms with Crippen molar-refractivity contribution >= 4 is 32.9 Å². The fourth-order valence-electron chi connectivity index (χ4n) is 2.62. The van der Waals surface area contributed by atoms with Crippen molar-refractivity contribution in [3.63, 3.8) is 0 Å². The maximum Gasteiger partial charge on any atom is 0.0992 e. The molecule has 0 saturated carbocycles. The molecule has 0 bridgehead atoms. The number of nitrogen functional groups attached to an aromatic ring is 1. The summed E-state index contributed by atoms with van der Waals surface area (Å²) in [5.74, 6) is 0. The van der Waals surface area contributed by atoms with Gasteiger partial charge in [0.15, 0.2) is 0 Å². The third kappa shape index (κ3) is 2.85. The van der Waals surface area contributed by atoms with Crippen molar-refractivity contribution in [1.29, 1.82) is 0 Å². The number of fused-ring (bicyclic) bond motifs is 1. The molecule has 1 aromatic heterocycles. The highest BCUT2D eigenvalue weighted by Crippen LogP contribution is 2.36. The van der Waals surface area contributed by atoms with Crippen LogP contribution in [-0.2, 0) is 5.41 Å². The van der Waals surface area contributed by atoms with Crippen molar-refractivity contribution in [2.75, 3.05) is 43.9 Å². The van der Waals surface area contributed by atoms with Crippen molar-refractivity contribution in [3.05, 3.63) is 17.1 Å². The lowest BCUT2D eigenvalue weighted by atomic mass is 9.98. The summed E-state index contributed by atoms with van der Waals surface area (Å²) in [6, 6.07) is 4.26. The molecule has 2 N–H and O–H groups in total. The second kappa shape index (κ2) is 5.14. The summed E-state index contributed by atoms with van der Waals surface area (Å²) in [5, 5.41) is 1.17. The average molecular weight is 304 g/mol. The van der Waals surface area contributed by atoms with Gasteiger partial charge in [-0.25, -0.2) is 4.98 Å². The number of aromatic nitrogens is 1. The summed E-state index contributed by atoms with van der Waals surface area (Å²) in [5.41, 5.74) is 9.47. The molecule has 1 aliphatic rings. The summed E-state index contributed by atoms with van der Waals surface area (Å²) in [4.78, 5) is 9.55. The number of hydrogen-bond donors (Lipinski definition) is 1. The maximum absolute atomic E-state index is 6.29. The van der Waals surface area contributed by atoms with E-state index in [1.165, 1.54) is 9.71 Å². The Labute approximate surface area is 130 Å². The molecule has 21 heavy (non-hydrogen) atoms. The Kier molecular flexibility index (Phi) is 3.58. The first kappa shape index (κ1) is 14.6. The van der Waals surface area contributed by atoms with Gasteiger partial charge in [0.1, 0.15) is 0 Å². The molecular formula is C16H24N4S. The van der Waals surface area contributed by atoms with Crippen LogP contribution < -0.4 is 10.6 Å². The minimum Gasteiger partial charge on any atom is -0.397 e. The van der Waals surface area contributed by atoms with E-state index < -0.39 is 0 Å². The molecule has 5 heteroatoms. The Morgan fingerprint density at radius 1 is 1.14 bits per heavy atom. The number of thiazole rings is 1. The van der Waals surface area contributed by atoms with Crippen LogP contribution in [0.4, 0.5) is 11.4 Å². The Bertz CT molecular complexity index is 648. The van der Waals surface area contributed by atoms with Crippen LogP contribution in [-0.4, -0.2) is 43.1 Å². The zero-order valence-corrected chi connectivity index (χ0v) is 14.1. The minimum atomic E-state index is 0.0897. The summed E-state index contributed by atoms with van der Waals surface area (Å²) >= 11 is 1.76. The number of nitrogens with two attached hydrogens (primary N) is 1. The average Bonchev–Trinajstić information content (AvgIpc) is 2.81. The van der Waals surface area contributed by atoms with E-state index in [1.54, 1.807) is 11.3 Å². The first-order valence-corrected chi connectivity index (χ1v) is 8.30. The minimum absolute atomic E-state index is 0.0897. The fraction of sp³-hybridized carbons (Fsp3) is 0.562. The highest BCUT2D eigenvalue weighted by Gasteiger charge is 2.21. The van der Waals surface area contributed by atoms with Crippen LogP contribution in [0.25, 0.3) is 10.2 Å². The van der Waals surface area contributed by atoms with E-state index in [0.29, 0.717) is 0 Å². The lowest BCUT2D eigenvalue weighted by molar-refractivity contribution is 0.313. The van der Waals surface area contributed by atoms with E-state index in [0.717, 1.165) is 43.1 Å². The van der Waals surface area contributed by atoms with E-state index in [1.807, 2.05) is 0 Å². The molecule has 0 aliphatic carbocycles. The zero-order valence-electron chi connectivity index (χ0n) is 13.3. The summed E-state index contributed by atoms with van der Waals surface area (Å²) in [6.45, 7) is 10.8. The van der Waals surface area contributed by atoms with E-state index in [4.69, 9.17) is 10.7 Å². The topological polar surface area (TPSA) is 45.4 Å². The molecule has 114 valence electrons. The molecule has 1 aromatic carbocycles. The second-order valence-corrected chi connectivity index (χ2v) is 7.97. The van der Waals surface area contributed by atoms with E-state index in [9.17, 15) is 0 Å². The molecule has 0 unspecified atom stereocenters. The number of benzene rings is 1. The van der Waals surface area contributed by atoms with Crippen molar-refractivity contribution in [2.45, 2.75) is 26.2 Å². The van der Waals surface area contributed by atoms with Gasteiger partial charge in [0.25, 0.3) is 0 Å². The van der Waals surface area contributed by atoms with Gasteiger partial charge < -0.3 is 15.5 Å². The van der Waals surface area contributed by atoms with Crippen LogP contribution in [0.3, 0.4) is 0 Å². The van der Waals surface area contributed by atoms with Crippen LogP contribution in [0.5, 0.6) is 0 Å². The van der Waals surface area contributed by atoms with Gasteiger partial charge in [0.2, 0.25) is 0 Å². The highest BCUT2D eigenvalue weighted by atomic mass is 32.1. The molecule has 1 fully saturated rings. The molecule has 1 saturated heterocycles. The number of anilines is 2. The number of nitrogens with zero attached hydrogens (tertiary/aromatic N) is 3. The second-order valence-electron chi connectivity index (χ2n) is 6.94. The van der Waals surface area contributed by atoms with Gasteiger partial charge in [-0.3, -0.25) is 0 Å². The first-order chi connectivity index (χ1) is 9.84. The van der Waals surface area contributed by atoms with E-state index in [2.05, 4.69) is 49.8 Å². The molecule has 0 spiro atoms. The van der Waals surface area contributed by atoms with Crippen molar-refractivity contribution < 1.29 is 0 Å². The van der Waals surface area contributed by atoms with Gasteiger partial charge in [-0.15, -0.1) is 11.3 Å². The van der Waals surface area contributed by atoms with Gasteiger partial charge in [0, 0.05) is 31.6 Å². The van der Waals surface area contributed by atoms with E-state index in [-0.39, 0.29) is 5.41 Å². The summed E-state index contributed by atoms with van der Waals surface area (Å²) in [7, 11) is 2.17. The molecular weight excluding hydrogens is 280 g/mol. The smallest absolute Gasteiger partial charge is 0.0992 e. The van der Waals surface area contributed by atoms with Crippen LogP contribution >= 0.6 is 11.3 Å². The monoisotopic (exact) mass is 304 g/mol. The molecule has 0 amide bonds. The Morgan fingerprint density at radius 2 is 1.81 bits per heavy atom. The molecule has 4 nitrogen and oxygen atoms in total. The Hall–Kier alpha value is -1.33. The predicted octanol–water partition coefficient (Wildman–Crippen LogP) is 2.93. The first-order valence-electron chi connectivity index (χ1n) is 7.48. The van der Waals surface area contributed by atoms with Crippen molar-refractivity contribution in [2.24, 2.45) is 0 Å². The van der Waals surface area contributed by atoms with Gasteiger partial charge in [0.05, 0.1) is 26.6 Å². The van der Waals surface area contributed by atoms with Gasteiger partial charge in [-0.2, -0.15) is 0 Å². The number of likely N-dealkylation sites (N-methyl/N-ethyl adjacent to an activating group) is 1. The molecule has 2 heterocycles. The quantitative estimate of drug-likeness (QED) is 0.823. The van der Waals surface area contributed by atoms with Crippen molar-refractivity contribution in [1.82, 2.24) is 9.88 Å². The lowest BCUT2D eigenvalue weighted by Gasteiger charge is -2.34. The Morgan fingerprint density at radius 3 is 2.43 bits per heavy atom.